The van der Waals surface area contributed by atoms with Gasteiger partial charge in [-0.15, -0.1) is 0 Å². The number of hydrogen-bond donors (Lipinski definition) is 1. The molecule has 2 fully saturated rings. The topological polar surface area (TPSA) is 128 Å². The summed E-state index contributed by atoms with van der Waals surface area (Å²) >= 11 is 0. The minimum atomic E-state index is -0.657. The Hall–Kier alpha value is -2.91. The molecule has 0 radical (unpaired) electrons. The number of ether oxygens (including phenoxy) is 2. The summed E-state index contributed by atoms with van der Waals surface area (Å²) in [4.78, 5) is 46.8. The highest BCUT2D eigenvalue weighted by Gasteiger charge is 2.47. The van der Waals surface area contributed by atoms with Gasteiger partial charge >= 0.3 is 12.2 Å². The number of nitrogens with zero attached hydrogens (tertiary/aromatic N) is 4. The van der Waals surface area contributed by atoms with Crippen LogP contribution in [0.15, 0.2) is 12.4 Å². The molecular formula is C18H25N5O5. The van der Waals surface area contributed by atoms with Crippen LogP contribution in [-0.4, -0.2) is 68.7 Å². The first-order chi connectivity index (χ1) is 13.1. The van der Waals surface area contributed by atoms with Crippen molar-refractivity contribution >= 4 is 18.1 Å². The second-order valence-corrected chi connectivity index (χ2v) is 8.13. The quantitative estimate of drug-likeness (QED) is 0.822. The van der Waals surface area contributed by atoms with E-state index in [1.54, 1.807) is 9.80 Å². The van der Waals surface area contributed by atoms with Crippen LogP contribution in [0.5, 0.6) is 0 Å². The summed E-state index contributed by atoms with van der Waals surface area (Å²) in [5, 5.41) is 0. The number of rotatable bonds is 3. The molecule has 0 bridgehead atoms. The van der Waals surface area contributed by atoms with Crippen LogP contribution < -0.4 is 5.73 Å². The van der Waals surface area contributed by atoms with Crippen molar-refractivity contribution in [2.24, 2.45) is 5.73 Å². The van der Waals surface area contributed by atoms with E-state index in [-0.39, 0.29) is 18.3 Å². The van der Waals surface area contributed by atoms with E-state index in [1.165, 1.54) is 12.4 Å². The van der Waals surface area contributed by atoms with Crippen LogP contribution in [0.25, 0.3) is 0 Å². The maximum absolute atomic E-state index is 12.3. The molecule has 0 unspecified atom stereocenters. The average molecular weight is 391 g/mol. The number of nitrogens with two attached hydrogens (primary N) is 1. The first-order valence-electron chi connectivity index (χ1n) is 9.13. The van der Waals surface area contributed by atoms with E-state index in [1.807, 2.05) is 20.8 Å². The first kappa shape index (κ1) is 19.8. The summed E-state index contributed by atoms with van der Waals surface area (Å²) < 4.78 is 11.0. The zero-order chi connectivity index (χ0) is 20.5. The standard InChI is InChI=1S/C18H25N5O5/c1-17(2,3)27-15(25)22-6-4-18(5-7-22)11-23(16(26)28-18)10-12-8-21-13(9-20-12)14(19)24/h8-9H,4-7,10-11H2,1-3H3,(H2,19,24). The number of carbonyl (C=O) groups excluding carboxylic acids is 3. The van der Waals surface area contributed by atoms with Crippen LogP contribution in [-0.2, 0) is 16.0 Å². The van der Waals surface area contributed by atoms with Gasteiger partial charge in [-0.1, -0.05) is 0 Å². The third kappa shape index (κ3) is 4.49. The van der Waals surface area contributed by atoms with Gasteiger partial charge in [-0.05, 0) is 20.8 Å². The Bertz CT molecular complexity index is 766. The fourth-order valence-electron chi connectivity index (χ4n) is 3.26. The van der Waals surface area contributed by atoms with Crippen LogP contribution >= 0.6 is 0 Å². The van der Waals surface area contributed by atoms with E-state index >= 15 is 0 Å². The molecule has 2 aliphatic rings. The highest BCUT2D eigenvalue weighted by atomic mass is 16.6. The molecule has 10 heteroatoms. The van der Waals surface area contributed by atoms with E-state index in [2.05, 4.69) is 9.97 Å². The molecule has 2 N–H and O–H groups in total. The number of aromatic nitrogens is 2. The van der Waals surface area contributed by atoms with Gasteiger partial charge in [0.05, 0.1) is 31.2 Å². The minimum Gasteiger partial charge on any atom is -0.444 e. The van der Waals surface area contributed by atoms with E-state index in [0.29, 0.717) is 38.2 Å². The van der Waals surface area contributed by atoms with Gasteiger partial charge in [0, 0.05) is 25.9 Å². The fourth-order valence-corrected chi connectivity index (χ4v) is 3.26. The molecule has 10 nitrogen and oxygen atoms in total. The predicted molar refractivity (Wildman–Crippen MR) is 97.2 cm³/mol. The highest BCUT2D eigenvalue weighted by molar-refractivity contribution is 5.90. The molecule has 1 aromatic rings. The lowest BCUT2D eigenvalue weighted by molar-refractivity contribution is -0.0170. The van der Waals surface area contributed by atoms with Gasteiger partial charge < -0.3 is 20.1 Å². The second kappa shape index (κ2) is 7.25. The Morgan fingerprint density at radius 3 is 2.46 bits per heavy atom. The molecule has 3 amide bonds. The number of amides is 3. The van der Waals surface area contributed by atoms with Crippen molar-refractivity contribution in [1.82, 2.24) is 19.8 Å². The summed E-state index contributed by atoms with van der Waals surface area (Å²) in [6.45, 7) is 7.03. The number of carbonyl (C=O) groups is 3. The summed E-state index contributed by atoms with van der Waals surface area (Å²) in [5.41, 5.74) is 4.58. The van der Waals surface area contributed by atoms with Crippen LogP contribution in [0.1, 0.15) is 49.8 Å². The maximum atomic E-state index is 12.3. The lowest BCUT2D eigenvalue weighted by atomic mass is 9.91. The monoisotopic (exact) mass is 391 g/mol. The van der Waals surface area contributed by atoms with Crippen molar-refractivity contribution in [2.75, 3.05) is 19.6 Å². The molecule has 152 valence electrons. The molecule has 1 aromatic heterocycles. The first-order valence-corrected chi connectivity index (χ1v) is 9.13. The normalized spacial score (nSPS) is 18.9. The lowest BCUT2D eigenvalue weighted by Crippen LogP contribution is -2.49. The van der Waals surface area contributed by atoms with Crippen molar-refractivity contribution in [2.45, 2.75) is 51.4 Å². The van der Waals surface area contributed by atoms with Gasteiger partial charge in [-0.25, -0.2) is 14.6 Å². The molecule has 0 aromatic carbocycles. The van der Waals surface area contributed by atoms with Crippen molar-refractivity contribution in [3.8, 4) is 0 Å². The van der Waals surface area contributed by atoms with Crippen LogP contribution in [0.3, 0.4) is 0 Å². The van der Waals surface area contributed by atoms with E-state index in [9.17, 15) is 14.4 Å². The van der Waals surface area contributed by atoms with Gasteiger partial charge in [0.15, 0.2) is 0 Å². The van der Waals surface area contributed by atoms with Crippen molar-refractivity contribution in [3.63, 3.8) is 0 Å². The number of hydrogen-bond acceptors (Lipinski definition) is 7. The second-order valence-electron chi connectivity index (χ2n) is 8.13. The smallest absolute Gasteiger partial charge is 0.410 e. The molecular weight excluding hydrogens is 366 g/mol. The van der Waals surface area contributed by atoms with Gasteiger partial charge in [-0.3, -0.25) is 14.7 Å². The largest absolute Gasteiger partial charge is 0.444 e. The molecule has 3 rings (SSSR count). The van der Waals surface area contributed by atoms with Gasteiger partial charge in [0.1, 0.15) is 16.9 Å². The minimum absolute atomic E-state index is 0.0683. The van der Waals surface area contributed by atoms with Gasteiger partial charge in [-0.2, -0.15) is 0 Å². The molecule has 2 saturated heterocycles. The maximum Gasteiger partial charge on any atom is 0.410 e. The molecule has 3 heterocycles. The zero-order valence-corrected chi connectivity index (χ0v) is 16.3. The molecule has 1 spiro atoms. The van der Waals surface area contributed by atoms with Crippen molar-refractivity contribution < 1.29 is 23.9 Å². The number of piperidine rings is 1. The molecule has 2 aliphatic heterocycles. The SMILES string of the molecule is CC(C)(C)OC(=O)N1CCC2(CC1)CN(Cc1cnc(C(N)=O)cn1)C(=O)O2. The summed E-state index contributed by atoms with van der Waals surface area (Å²) in [7, 11) is 0. The van der Waals surface area contributed by atoms with Gasteiger partial charge in [0.25, 0.3) is 5.91 Å². The lowest BCUT2D eigenvalue weighted by Gasteiger charge is -2.37. The summed E-state index contributed by atoms with van der Waals surface area (Å²) in [6, 6.07) is 0. The molecule has 0 aliphatic carbocycles. The molecule has 0 saturated carbocycles. The van der Waals surface area contributed by atoms with Crippen LogP contribution in [0, 0.1) is 0 Å². The Labute approximate surface area is 163 Å². The van der Waals surface area contributed by atoms with E-state index in [0.717, 1.165) is 0 Å². The van der Waals surface area contributed by atoms with E-state index in [4.69, 9.17) is 15.2 Å². The van der Waals surface area contributed by atoms with Crippen molar-refractivity contribution in [3.05, 3.63) is 23.8 Å². The Kier molecular flexibility index (Phi) is 5.14. The number of likely N-dealkylation sites (tertiary alicyclic amines) is 1. The summed E-state index contributed by atoms with van der Waals surface area (Å²) in [6.07, 6.45) is 3.01. The third-order valence-corrected chi connectivity index (χ3v) is 4.68. The van der Waals surface area contributed by atoms with Crippen molar-refractivity contribution in [1.29, 1.82) is 0 Å². The number of primary amides is 1. The summed E-state index contributed by atoms with van der Waals surface area (Å²) in [5.74, 6) is -0.657. The Morgan fingerprint density at radius 2 is 1.93 bits per heavy atom. The Morgan fingerprint density at radius 1 is 1.25 bits per heavy atom. The van der Waals surface area contributed by atoms with Crippen LogP contribution in [0.4, 0.5) is 9.59 Å². The zero-order valence-electron chi connectivity index (χ0n) is 16.3. The van der Waals surface area contributed by atoms with Gasteiger partial charge in [0.2, 0.25) is 0 Å². The predicted octanol–water partition coefficient (Wildman–Crippen LogP) is 1.30. The third-order valence-electron chi connectivity index (χ3n) is 4.68. The highest BCUT2D eigenvalue weighted by Crippen LogP contribution is 2.34. The molecule has 0 atom stereocenters. The average Bonchev–Trinajstić information content (AvgIpc) is 2.89. The Balaban J connectivity index is 1.57. The van der Waals surface area contributed by atoms with Crippen LogP contribution in [0.2, 0.25) is 0 Å². The molecule has 28 heavy (non-hydrogen) atoms. The van der Waals surface area contributed by atoms with E-state index < -0.39 is 23.2 Å². The fraction of sp³-hybridized carbons (Fsp3) is 0.611.